The van der Waals surface area contributed by atoms with E-state index >= 15 is 0 Å². The van der Waals surface area contributed by atoms with Gasteiger partial charge in [0.1, 0.15) is 0 Å². The van der Waals surface area contributed by atoms with Crippen molar-refractivity contribution in [3.63, 3.8) is 0 Å². The van der Waals surface area contributed by atoms with Crippen LogP contribution in [0.1, 0.15) is 44.0 Å². The molecule has 0 aliphatic carbocycles. The van der Waals surface area contributed by atoms with Crippen molar-refractivity contribution in [3.8, 4) is 0 Å². The second-order valence-corrected chi connectivity index (χ2v) is 3.00. The Hall–Kier alpha value is -0.850. The fourth-order valence-electron chi connectivity index (χ4n) is 1.26. The molecule has 0 saturated carbocycles. The van der Waals surface area contributed by atoms with E-state index in [1.165, 1.54) is 17.5 Å². The fraction of sp³-hybridized carbons (Fsp3) is 0.583. The summed E-state index contributed by atoms with van der Waals surface area (Å²) in [4.78, 5) is 4.26. The molecule has 1 heterocycles. The summed E-state index contributed by atoms with van der Waals surface area (Å²) < 4.78 is 0. The molecule has 0 spiro atoms. The molecular formula is C12H21N. The first-order valence-electron chi connectivity index (χ1n) is 5.16. The third-order valence-corrected chi connectivity index (χ3v) is 1.88. The van der Waals surface area contributed by atoms with Gasteiger partial charge in [-0.05, 0) is 37.5 Å². The lowest BCUT2D eigenvalue weighted by atomic mass is 10.1. The Labute approximate surface area is 82.2 Å². The first kappa shape index (κ1) is 12.2. The van der Waals surface area contributed by atoms with Gasteiger partial charge in [-0.25, -0.2) is 0 Å². The molecule has 1 aromatic heterocycles. The highest BCUT2D eigenvalue weighted by Crippen LogP contribution is 2.09. The number of pyridine rings is 1. The van der Waals surface area contributed by atoms with Gasteiger partial charge in [-0.1, -0.05) is 27.2 Å². The van der Waals surface area contributed by atoms with Crippen molar-refractivity contribution >= 4 is 0 Å². The molecule has 0 radical (unpaired) electrons. The van der Waals surface area contributed by atoms with Gasteiger partial charge in [0.05, 0.1) is 0 Å². The molecule has 1 aromatic rings. The third-order valence-electron chi connectivity index (χ3n) is 1.88. The van der Waals surface area contributed by atoms with Crippen molar-refractivity contribution in [2.75, 3.05) is 0 Å². The molecule has 0 bridgehead atoms. The molecule has 1 rings (SSSR count). The maximum Gasteiger partial charge on any atom is 0.0375 e. The normalized spacial score (nSPS) is 9.00. The molecule has 0 fully saturated rings. The van der Waals surface area contributed by atoms with Crippen LogP contribution in [0.5, 0.6) is 0 Å². The number of nitrogens with zero attached hydrogens (tertiary/aromatic N) is 1. The summed E-state index contributed by atoms with van der Waals surface area (Å²) in [5.74, 6) is 0. The minimum atomic E-state index is 1.11. The first-order valence-corrected chi connectivity index (χ1v) is 5.16. The maximum absolute atomic E-state index is 4.26. The zero-order valence-corrected chi connectivity index (χ0v) is 9.52. The average Bonchev–Trinajstić information content (AvgIpc) is 2.14. The van der Waals surface area contributed by atoms with Gasteiger partial charge < -0.3 is 0 Å². The zero-order valence-electron chi connectivity index (χ0n) is 9.52. The van der Waals surface area contributed by atoms with Crippen LogP contribution >= 0.6 is 0 Å². The molecule has 0 aliphatic heterocycles. The van der Waals surface area contributed by atoms with Crippen LogP contribution in [0.2, 0.25) is 0 Å². The monoisotopic (exact) mass is 179 g/mol. The van der Waals surface area contributed by atoms with Crippen LogP contribution in [0.3, 0.4) is 0 Å². The molecule has 0 amide bonds. The van der Waals surface area contributed by atoms with Gasteiger partial charge >= 0.3 is 0 Å². The second kappa shape index (κ2) is 6.64. The summed E-state index contributed by atoms with van der Waals surface area (Å²) >= 11 is 0. The Balaban J connectivity index is 0.000000671. The summed E-state index contributed by atoms with van der Waals surface area (Å²) in [6.45, 7) is 10.4. The minimum absolute atomic E-state index is 1.11. The predicted molar refractivity (Wildman–Crippen MR) is 59.1 cm³/mol. The van der Waals surface area contributed by atoms with Crippen molar-refractivity contribution in [2.45, 2.75) is 47.5 Å². The number of aryl methyl sites for hydroxylation is 3. The number of hydrogen-bond donors (Lipinski definition) is 0. The Morgan fingerprint density at radius 3 is 2.31 bits per heavy atom. The largest absolute Gasteiger partial charge is 0.261 e. The average molecular weight is 179 g/mol. The first-order chi connectivity index (χ1) is 6.24. The van der Waals surface area contributed by atoms with Crippen LogP contribution in [0.4, 0.5) is 0 Å². The van der Waals surface area contributed by atoms with Crippen LogP contribution < -0.4 is 0 Å². The summed E-state index contributed by atoms with van der Waals surface area (Å²) in [5.41, 5.74) is 3.87. The van der Waals surface area contributed by atoms with Gasteiger partial charge in [-0.2, -0.15) is 0 Å². The molecule has 0 aromatic carbocycles. The molecule has 74 valence electrons. The van der Waals surface area contributed by atoms with Crippen LogP contribution in [-0.2, 0) is 6.42 Å². The molecule has 13 heavy (non-hydrogen) atoms. The SMILES string of the molecule is CC.CCCc1cnc(C)cc1C. The Bertz CT molecular complexity index is 241. The summed E-state index contributed by atoms with van der Waals surface area (Å²) in [5, 5.41) is 0. The maximum atomic E-state index is 4.26. The highest BCUT2D eigenvalue weighted by molar-refractivity contribution is 5.24. The number of hydrogen-bond acceptors (Lipinski definition) is 1. The fourth-order valence-corrected chi connectivity index (χ4v) is 1.26. The van der Waals surface area contributed by atoms with E-state index < -0.39 is 0 Å². The number of rotatable bonds is 2. The summed E-state index contributed by atoms with van der Waals surface area (Å²) in [6, 6.07) is 2.14. The van der Waals surface area contributed by atoms with Gasteiger partial charge in [0.25, 0.3) is 0 Å². The van der Waals surface area contributed by atoms with Crippen LogP contribution in [0, 0.1) is 13.8 Å². The van der Waals surface area contributed by atoms with E-state index in [2.05, 4.69) is 24.9 Å². The van der Waals surface area contributed by atoms with Gasteiger partial charge in [0, 0.05) is 11.9 Å². The van der Waals surface area contributed by atoms with Crippen LogP contribution in [-0.4, -0.2) is 4.98 Å². The molecule has 0 aliphatic rings. The molecular weight excluding hydrogens is 158 g/mol. The smallest absolute Gasteiger partial charge is 0.0375 e. The zero-order chi connectivity index (χ0) is 10.3. The lowest BCUT2D eigenvalue weighted by molar-refractivity contribution is 0.900. The Kier molecular flexibility index (Phi) is 6.21. The molecule has 1 nitrogen and oxygen atoms in total. The van der Waals surface area contributed by atoms with E-state index in [1.807, 2.05) is 27.0 Å². The van der Waals surface area contributed by atoms with E-state index in [0.717, 1.165) is 12.1 Å². The highest BCUT2D eigenvalue weighted by atomic mass is 14.7. The Morgan fingerprint density at radius 2 is 1.85 bits per heavy atom. The van der Waals surface area contributed by atoms with Gasteiger partial charge in [-0.3, -0.25) is 4.98 Å². The van der Waals surface area contributed by atoms with Gasteiger partial charge in [-0.15, -0.1) is 0 Å². The van der Waals surface area contributed by atoms with Crippen LogP contribution in [0.15, 0.2) is 12.3 Å². The second-order valence-electron chi connectivity index (χ2n) is 3.00. The molecule has 0 unspecified atom stereocenters. The quantitative estimate of drug-likeness (QED) is 0.675. The van der Waals surface area contributed by atoms with Gasteiger partial charge in [0.15, 0.2) is 0 Å². The Morgan fingerprint density at radius 1 is 1.23 bits per heavy atom. The molecule has 0 saturated heterocycles. The van der Waals surface area contributed by atoms with Crippen molar-refractivity contribution in [1.82, 2.24) is 4.98 Å². The van der Waals surface area contributed by atoms with E-state index in [0.29, 0.717) is 0 Å². The van der Waals surface area contributed by atoms with Crippen molar-refractivity contribution in [3.05, 3.63) is 29.1 Å². The van der Waals surface area contributed by atoms with E-state index in [4.69, 9.17) is 0 Å². The lowest BCUT2D eigenvalue weighted by Crippen LogP contribution is -1.91. The minimum Gasteiger partial charge on any atom is -0.261 e. The molecule has 0 N–H and O–H groups in total. The molecule has 0 atom stereocenters. The predicted octanol–water partition coefficient (Wildman–Crippen LogP) is 3.68. The highest BCUT2D eigenvalue weighted by Gasteiger charge is 1.96. The van der Waals surface area contributed by atoms with E-state index in [-0.39, 0.29) is 0 Å². The molecule has 1 heteroatoms. The van der Waals surface area contributed by atoms with E-state index in [1.54, 1.807) is 0 Å². The standard InChI is InChI=1S/C10H15N.C2H6/c1-4-5-10-7-11-9(3)6-8(10)2;1-2/h6-7H,4-5H2,1-3H3;1-2H3. The van der Waals surface area contributed by atoms with Crippen LogP contribution in [0.25, 0.3) is 0 Å². The lowest BCUT2D eigenvalue weighted by Gasteiger charge is -2.03. The number of aromatic nitrogens is 1. The van der Waals surface area contributed by atoms with Crippen molar-refractivity contribution in [1.29, 1.82) is 0 Å². The van der Waals surface area contributed by atoms with E-state index in [9.17, 15) is 0 Å². The van der Waals surface area contributed by atoms with Gasteiger partial charge in [0.2, 0.25) is 0 Å². The summed E-state index contributed by atoms with van der Waals surface area (Å²) in [7, 11) is 0. The third kappa shape index (κ3) is 4.07. The summed E-state index contributed by atoms with van der Waals surface area (Å²) in [6.07, 6.45) is 4.35. The van der Waals surface area contributed by atoms with Crippen molar-refractivity contribution < 1.29 is 0 Å². The van der Waals surface area contributed by atoms with Crippen molar-refractivity contribution in [2.24, 2.45) is 0 Å². The topological polar surface area (TPSA) is 12.9 Å².